The fourth-order valence-corrected chi connectivity index (χ4v) is 0.667. The number of ether oxygens (including phenoxy) is 1. The van der Waals surface area contributed by atoms with Gasteiger partial charge in [-0.05, 0) is 7.05 Å². The molecule has 0 radical (unpaired) electrons. The molecule has 0 aromatic rings. The van der Waals surface area contributed by atoms with Gasteiger partial charge in [0, 0.05) is 6.54 Å². The lowest BCUT2D eigenvalue weighted by atomic mass is 10.7. The summed E-state index contributed by atoms with van der Waals surface area (Å²) in [6, 6.07) is 0. The van der Waals surface area contributed by atoms with Gasteiger partial charge in [0.1, 0.15) is 0 Å². The number of nitrogens with one attached hydrogen (secondary N) is 1. The smallest absolute Gasteiger partial charge is 0.155 e. The average Bonchev–Trinajstić information content (AvgIpc) is 1.87. The number of rotatable bonds is 6. The van der Waals surface area contributed by atoms with Crippen LogP contribution in [0.25, 0.3) is 0 Å². The second-order valence-corrected chi connectivity index (χ2v) is 2.79. The molecule has 5 heteroatoms. The highest BCUT2D eigenvalue weighted by Gasteiger charge is 1.91. The lowest BCUT2D eigenvalue weighted by molar-refractivity contribution is 0.152. The molecule has 0 aromatic carbocycles. The van der Waals surface area contributed by atoms with Gasteiger partial charge >= 0.3 is 0 Å². The standard InChI is InChI=1S/C5H13NO3S/c1-6-2-3-9-4-5-10(7)8/h6H,2-5H2,1H3,(H,7,8). The van der Waals surface area contributed by atoms with Gasteiger partial charge in [-0.25, -0.2) is 4.21 Å². The Morgan fingerprint density at radius 1 is 1.60 bits per heavy atom. The minimum Gasteiger partial charge on any atom is -0.379 e. The molecule has 2 N–H and O–H groups in total. The van der Waals surface area contributed by atoms with E-state index in [9.17, 15) is 4.21 Å². The van der Waals surface area contributed by atoms with E-state index < -0.39 is 11.1 Å². The van der Waals surface area contributed by atoms with Gasteiger partial charge in [-0.2, -0.15) is 0 Å². The van der Waals surface area contributed by atoms with Gasteiger partial charge < -0.3 is 14.6 Å². The van der Waals surface area contributed by atoms with E-state index in [1.165, 1.54) is 0 Å². The molecule has 0 rings (SSSR count). The summed E-state index contributed by atoms with van der Waals surface area (Å²) in [4.78, 5) is 0. The monoisotopic (exact) mass is 167 g/mol. The maximum atomic E-state index is 10.0. The van der Waals surface area contributed by atoms with Crippen molar-refractivity contribution in [1.29, 1.82) is 0 Å². The Hall–Kier alpha value is 0.0300. The maximum Gasteiger partial charge on any atom is 0.155 e. The second-order valence-electron chi connectivity index (χ2n) is 1.74. The van der Waals surface area contributed by atoms with Gasteiger partial charge in [0.2, 0.25) is 0 Å². The average molecular weight is 167 g/mol. The first-order valence-corrected chi connectivity index (χ1v) is 4.34. The van der Waals surface area contributed by atoms with Crippen molar-refractivity contribution in [3.63, 3.8) is 0 Å². The number of hydrogen-bond acceptors (Lipinski definition) is 3. The van der Waals surface area contributed by atoms with Crippen molar-refractivity contribution in [2.24, 2.45) is 0 Å². The van der Waals surface area contributed by atoms with E-state index in [0.717, 1.165) is 6.54 Å². The van der Waals surface area contributed by atoms with Crippen molar-refractivity contribution in [2.75, 3.05) is 32.6 Å². The summed E-state index contributed by atoms with van der Waals surface area (Å²) in [6.07, 6.45) is 0. The number of hydrogen-bond donors (Lipinski definition) is 2. The Kier molecular flexibility index (Phi) is 7.16. The van der Waals surface area contributed by atoms with Crippen LogP contribution in [0, 0.1) is 0 Å². The molecule has 0 bridgehead atoms. The van der Waals surface area contributed by atoms with Gasteiger partial charge in [0.05, 0.1) is 19.0 Å². The molecular weight excluding hydrogens is 154 g/mol. The first kappa shape index (κ1) is 10.0. The van der Waals surface area contributed by atoms with Crippen LogP contribution in [0.15, 0.2) is 0 Å². The minimum atomic E-state index is -1.72. The molecule has 0 heterocycles. The molecule has 0 amide bonds. The third-order valence-corrected chi connectivity index (χ3v) is 1.41. The van der Waals surface area contributed by atoms with Crippen molar-refractivity contribution in [3.05, 3.63) is 0 Å². The fraction of sp³-hybridized carbons (Fsp3) is 1.00. The Morgan fingerprint density at radius 3 is 2.80 bits per heavy atom. The van der Waals surface area contributed by atoms with Crippen LogP contribution in [0.2, 0.25) is 0 Å². The third-order valence-electron chi connectivity index (χ3n) is 0.899. The second kappa shape index (κ2) is 7.14. The Morgan fingerprint density at radius 2 is 2.30 bits per heavy atom. The molecule has 0 saturated carbocycles. The van der Waals surface area contributed by atoms with Crippen LogP contribution < -0.4 is 5.32 Å². The predicted molar refractivity (Wildman–Crippen MR) is 40.4 cm³/mol. The van der Waals surface area contributed by atoms with Gasteiger partial charge in [0.25, 0.3) is 0 Å². The third kappa shape index (κ3) is 8.03. The van der Waals surface area contributed by atoms with E-state index >= 15 is 0 Å². The number of likely N-dealkylation sites (N-methyl/N-ethyl adjacent to an activating group) is 1. The highest BCUT2D eigenvalue weighted by atomic mass is 32.2. The summed E-state index contributed by atoms with van der Waals surface area (Å²) < 4.78 is 23.3. The van der Waals surface area contributed by atoms with Crippen molar-refractivity contribution in [1.82, 2.24) is 5.32 Å². The molecule has 10 heavy (non-hydrogen) atoms. The van der Waals surface area contributed by atoms with Crippen molar-refractivity contribution in [3.8, 4) is 0 Å². The summed E-state index contributed by atoms with van der Waals surface area (Å²) in [6.45, 7) is 1.72. The molecule has 0 aromatic heterocycles. The Labute approximate surface area is 63.2 Å². The van der Waals surface area contributed by atoms with Crippen LogP contribution in [-0.4, -0.2) is 41.3 Å². The summed E-state index contributed by atoms with van der Waals surface area (Å²) in [5, 5.41) is 2.89. The fourth-order valence-electron chi connectivity index (χ4n) is 0.407. The molecule has 4 nitrogen and oxygen atoms in total. The molecule has 1 atom stereocenters. The van der Waals surface area contributed by atoms with Crippen LogP contribution in [0.3, 0.4) is 0 Å². The first-order chi connectivity index (χ1) is 4.77. The molecule has 62 valence electrons. The lowest BCUT2D eigenvalue weighted by Gasteiger charge is -2.00. The molecule has 1 unspecified atom stereocenters. The highest BCUT2D eigenvalue weighted by molar-refractivity contribution is 7.79. The van der Waals surface area contributed by atoms with Crippen molar-refractivity contribution < 1.29 is 13.5 Å². The van der Waals surface area contributed by atoms with E-state index in [0.29, 0.717) is 13.2 Å². The zero-order chi connectivity index (χ0) is 7.82. The zero-order valence-electron chi connectivity index (χ0n) is 6.00. The van der Waals surface area contributed by atoms with E-state index in [1.54, 1.807) is 0 Å². The largest absolute Gasteiger partial charge is 0.379 e. The van der Waals surface area contributed by atoms with Gasteiger partial charge in [-0.3, -0.25) is 0 Å². The normalized spacial score (nSPS) is 13.4. The van der Waals surface area contributed by atoms with Gasteiger partial charge in [-0.1, -0.05) is 0 Å². The molecule has 0 aliphatic rings. The lowest BCUT2D eigenvalue weighted by Crippen LogP contribution is -2.16. The van der Waals surface area contributed by atoms with Crippen LogP contribution in [-0.2, 0) is 15.8 Å². The zero-order valence-corrected chi connectivity index (χ0v) is 6.82. The van der Waals surface area contributed by atoms with Gasteiger partial charge in [-0.15, -0.1) is 0 Å². The van der Waals surface area contributed by atoms with Crippen LogP contribution in [0.5, 0.6) is 0 Å². The first-order valence-electron chi connectivity index (χ1n) is 3.07. The van der Waals surface area contributed by atoms with Crippen LogP contribution >= 0.6 is 0 Å². The topological polar surface area (TPSA) is 58.6 Å². The van der Waals surface area contributed by atoms with Crippen molar-refractivity contribution in [2.45, 2.75) is 0 Å². The predicted octanol–water partition coefficient (Wildman–Crippen LogP) is -0.556. The van der Waals surface area contributed by atoms with Gasteiger partial charge in [0.15, 0.2) is 11.1 Å². The highest BCUT2D eigenvalue weighted by Crippen LogP contribution is 1.76. The quantitative estimate of drug-likeness (QED) is 0.411. The molecular formula is C5H13NO3S. The van der Waals surface area contributed by atoms with Crippen molar-refractivity contribution >= 4 is 11.1 Å². The summed E-state index contributed by atoms with van der Waals surface area (Å²) >= 11 is -1.72. The SMILES string of the molecule is CNCCOCCS(=O)O. The Bertz CT molecular complexity index is 98.9. The summed E-state index contributed by atoms with van der Waals surface area (Å²) in [7, 11) is 1.83. The van der Waals surface area contributed by atoms with Crippen LogP contribution in [0.1, 0.15) is 0 Å². The molecule has 0 spiro atoms. The van der Waals surface area contributed by atoms with E-state index in [4.69, 9.17) is 9.29 Å². The van der Waals surface area contributed by atoms with Crippen LogP contribution in [0.4, 0.5) is 0 Å². The molecule has 0 saturated heterocycles. The molecule has 0 aliphatic heterocycles. The maximum absolute atomic E-state index is 10.0. The summed E-state index contributed by atoms with van der Waals surface area (Å²) in [5.41, 5.74) is 0. The molecule has 0 aliphatic carbocycles. The van der Waals surface area contributed by atoms with E-state index in [-0.39, 0.29) is 5.75 Å². The van der Waals surface area contributed by atoms with E-state index in [1.807, 2.05) is 7.05 Å². The van der Waals surface area contributed by atoms with E-state index in [2.05, 4.69) is 5.32 Å². The minimum absolute atomic E-state index is 0.198. The molecule has 0 fully saturated rings. The Balaban J connectivity index is 2.84. The summed E-state index contributed by atoms with van der Waals surface area (Å²) in [5.74, 6) is 0.198.